The fourth-order valence-corrected chi connectivity index (χ4v) is 1.80. The summed E-state index contributed by atoms with van der Waals surface area (Å²) in [5.74, 6) is 0.818. The molecule has 5 nitrogen and oxygen atoms in total. The van der Waals surface area contributed by atoms with E-state index in [-0.39, 0.29) is 30.8 Å². The van der Waals surface area contributed by atoms with Crippen molar-refractivity contribution in [2.75, 3.05) is 13.7 Å². The SMILES string of the molecule is CC(C)Oc1ccc(C(C)NC(=O)N(C)C(C)CO)cc1. The number of aliphatic hydroxyl groups is 1. The van der Waals surface area contributed by atoms with Crippen LogP contribution in [0.15, 0.2) is 24.3 Å². The zero-order valence-electron chi connectivity index (χ0n) is 13.5. The number of carbonyl (C=O) groups excluding carboxylic acids is 1. The van der Waals surface area contributed by atoms with Crippen molar-refractivity contribution in [1.29, 1.82) is 0 Å². The van der Waals surface area contributed by atoms with Gasteiger partial charge in [-0.05, 0) is 45.4 Å². The molecule has 1 aromatic carbocycles. The van der Waals surface area contributed by atoms with Crippen LogP contribution in [-0.2, 0) is 0 Å². The fourth-order valence-electron chi connectivity index (χ4n) is 1.80. The van der Waals surface area contributed by atoms with Gasteiger partial charge in [0.15, 0.2) is 0 Å². The van der Waals surface area contributed by atoms with Crippen LogP contribution in [0.4, 0.5) is 4.79 Å². The lowest BCUT2D eigenvalue weighted by atomic mass is 10.1. The molecule has 2 atom stereocenters. The van der Waals surface area contributed by atoms with Gasteiger partial charge in [0.05, 0.1) is 24.8 Å². The van der Waals surface area contributed by atoms with Crippen LogP contribution < -0.4 is 10.1 Å². The van der Waals surface area contributed by atoms with Gasteiger partial charge < -0.3 is 20.1 Å². The number of hydrogen-bond donors (Lipinski definition) is 2. The molecule has 0 aliphatic heterocycles. The Balaban J connectivity index is 2.63. The highest BCUT2D eigenvalue weighted by atomic mass is 16.5. The van der Waals surface area contributed by atoms with Crippen LogP contribution in [-0.4, -0.2) is 41.8 Å². The van der Waals surface area contributed by atoms with Gasteiger partial charge >= 0.3 is 6.03 Å². The number of benzene rings is 1. The van der Waals surface area contributed by atoms with E-state index in [2.05, 4.69) is 5.32 Å². The smallest absolute Gasteiger partial charge is 0.317 e. The summed E-state index contributed by atoms with van der Waals surface area (Å²) in [6.07, 6.45) is 0.140. The van der Waals surface area contributed by atoms with E-state index in [1.807, 2.05) is 45.0 Å². The molecule has 0 saturated carbocycles. The molecule has 5 heteroatoms. The average molecular weight is 294 g/mol. The normalized spacial score (nSPS) is 13.7. The zero-order chi connectivity index (χ0) is 16.0. The average Bonchev–Trinajstić information content (AvgIpc) is 2.45. The Bertz CT molecular complexity index is 445. The van der Waals surface area contributed by atoms with Crippen LogP contribution in [0.3, 0.4) is 0 Å². The first kappa shape index (κ1) is 17.3. The number of likely N-dealkylation sites (N-methyl/N-ethyl adjacent to an activating group) is 1. The van der Waals surface area contributed by atoms with Gasteiger partial charge in [-0.2, -0.15) is 0 Å². The molecular weight excluding hydrogens is 268 g/mol. The predicted molar refractivity (Wildman–Crippen MR) is 83.5 cm³/mol. The summed E-state index contributed by atoms with van der Waals surface area (Å²) in [5.41, 5.74) is 1.00. The summed E-state index contributed by atoms with van der Waals surface area (Å²) >= 11 is 0. The van der Waals surface area contributed by atoms with Crippen molar-refractivity contribution < 1.29 is 14.6 Å². The number of carbonyl (C=O) groups is 1. The topological polar surface area (TPSA) is 61.8 Å². The van der Waals surface area contributed by atoms with Crippen molar-refractivity contribution in [3.8, 4) is 5.75 Å². The summed E-state index contributed by atoms with van der Waals surface area (Å²) in [6.45, 7) is 7.62. The molecule has 0 aromatic heterocycles. The molecular formula is C16H26N2O3. The summed E-state index contributed by atoms with van der Waals surface area (Å²) in [7, 11) is 1.67. The Morgan fingerprint density at radius 1 is 1.24 bits per heavy atom. The third-order valence-electron chi connectivity index (χ3n) is 3.34. The highest BCUT2D eigenvalue weighted by Crippen LogP contribution is 2.18. The van der Waals surface area contributed by atoms with Crippen LogP contribution in [0.1, 0.15) is 39.3 Å². The quantitative estimate of drug-likeness (QED) is 0.847. The van der Waals surface area contributed by atoms with Crippen molar-refractivity contribution in [2.45, 2.75) is 45.9 Å². The second-order valence-corrected chi connectivity index (χ2v) is 5.55. The minimum atomic E-state index is -0.209. The Hall–Kier alpha value is -1.75. The summed E-state index contributed by atoms with van der Waals surface area (Å²) < 4.78 is 5.59. The first-order valence-corrected chi connectivity index (χ1v) is 7.26. The van der Waals surface area contributed by atoms with Crippen molar-refractivity contribution in [3.63, 3.8) is 0 Å². The number of amides is 2. The number of nitrogens with one attached hydrogen (secondary N) is 1. The van der Waals surface area contributed by atoms with E-state index in [0.717, 1.165) is 11.3 Å². The van der Waals surface area contributed by atoms with Crippen molar-refractivity contribution >= 4 is 6.03 Å². The lowest BCUT2D eigenvalue weighted by Gasteiger charge is -2.25. The van der Waals surface area contributed by atoms with Crippen LogP contribution in [0, 0.1) is 0 Å². The van der Waals surface area contributed by atoms with Crippen LogP contribution >= 0.6 is 0 Å². The number of nitrogens with zero attached hydrogens (tertiary/aromatic N) is 1. The standard InChI is InChI=1S/C16H26N2O3/c1-11(2)21-15-8-6-14(7-9-15)13(4)17-16(20)18(5)12(3)10-19/h6-9,11-13,19H,10H2,1-5H3,(H,17,20). The Morgan fingerprint density at radius 3 is 2.29 bits per heavy atom. The van der Waals surface area contributed by atoms with Gasteiger partial charge in [-0.1, -0.05) is 12.1 Å². The predicted octanol–water partition coefficient (Wildman–Crippen LogP) is 2.56. The maximum Gasteiger partial charge on any atom is 0.317 e. The van der Waals surface area contributed by atoms with E-state index < -0.39 is 0 Å². The van der Waals surface area contributed by atoms with E-state index in [0.29, 0.717) is 0 Å². The molecule has 2 N–H and O–H groups in total. The van der Waals surface area contributed by atoms with Crippen molar-refractivity contribution in [2.24, 2.45) is 0 Å². The number of urea groups is 1. The molecule has 0 saturated heterocycles. The maximum atomic E-state index is 12.0. The van der Waals surface area contributed by atoms with Gasteiger partial charge in [-0.25, -0.2) is 4.79 Å². The molecule has 2 amide bonds. The minimum Gasteiger partial charge on any atom is -0.491 e. The van der Waals surface area contributed by atoms with Gasteiger partial charge in [-0.15, -0.1) is 0 Å². The molecule has 2 unspecified atom stereocenters. The largest absolute Gasteiger partial charge is 0.491 e. The maximum absolute atomic E-state index is 12.0. The molecule has 21 heavy (non-hydrogen) atoms. The molecule has 1 aromatic rings. The molecule has 0 radical (unpaired) electrons. The van der Waals surface area contributed by atoms with Crippen molar-refractivity contribution in [1.82, 2.24) is 10.2 Å². The molecule has 0 bridgehead atoms. The first-order chi connectivity index (χ1) is 9.85. The summed E-state index contributed by atoms with van der Waals surface area (Å²) in [6, 6.07) is 7.16. The third kappa shape index (κ3) is 5.27. The number of hydrogen-bond acceptors (Lipinski definition) is 3. The molecule has 0 spiro atoms. The minimum absolute atomic E-state index is 0.0560. The second-order valence-electron chi connectivity index (χ2n) is 5.55. The van der Waals surface area contributed by atoms with Crippen LogP contribution in [0.2, 0.25) is 0 Å². The van der Waals surface area contributed by atoms with E-state index in [9.17, 15) is 4.79 Å². The lowest BCUT2D eigenvalue weighted by Crippen LogP contribution is -2.44. The summed E-state index contributed by atoms with van der Waals surface area (Å²) in [4.78, 5) is 13.5. The first-order valence-electron chi connectivity index (χ1n) is 7.26. The summed E-state index contributed by atoms with van der Waals surface area (Å²) in [5, 5.41) is 12.0. The van der Waals surface area contributed by atoms with Gasteiger partial charge in [0.1, 0.15) is 5.75 Å². The van der Waals surface area contributed by atoms with E-state index in [1.54, 1.807) is 14.0 Å². The molecule has 0 heterocycles. The zero-order valence-corrected chi connectivity index (χ0v) is 13.5. The Kier molecular flexibility index (Phi) is 6.49. The van der Waals surface area contributed by atoms with Crippen LogP contribution in [0.25, 0.3) is 0 Å². The number of ether oxygens (including phenoxy) is 1. The fraction of sp³-hybridized carbons (Fsp3) is 0.562. The Morgan fingerprint density at radius 2 is 1.81 bits per heavy atom. The van der Waals surface area contributed by atoms with Gasteiger partial charge in [0, 0.05) is 7.05 Å². The third-order valence-corrected chi connectivity index (χ3v) is 3.34. The second kappa shape index (κ2) is 7.88. The highest BCUT2D eigenvalue weighted by molar-refractivity contribution is 5.74. The van der Waals surface area contributed by atoms with Gasteiger partial charge in [0.2, 0.25) is 0 Å². The highest BCUT2D eigenvalue weighted by Gasteiger charge is 2.17. The van der Waals surface area contributed by atoms with Gasteiger partial charge in [-0.3, -0.25) is 0 Å². The van der Waals surface area contributed by atoms with E-state index in [1.165, 1.54) is 4.90 Å². The monoisotopic (exact) mass is 294 g/mol. The molecule has 0 aliphatic carbocycles. The Labute approximate surface area is 126 Å². The number of aliphatic hydroxyl groups excluding tert-OH is 1. The molecule has 0 fully saturated rings. The molecule has 1 rings (SSSR count). The van der Waals surface area contributed by atoms with E-state index >= 15 is 0 Å². The number of rotatable bonds is 6. The van der Waals surface area contributed by atoms with Gasteiger partial charge in [0.25, 0.3) is 0 Å². The molecule has 0 aliphatic rings. The molecule has 118 valence electrons. The van der Waals surface area contributed by atoms with Crippen LogP contribution in [0.5, 0.6) is 5.75 Å². The lowest BCUT2D eigenvalue weighted by molar-refractivity contribution is 0.155. The van der Waals surface area contributed by atoms with E-state index in [4.69, 9.17) is 9.84 Å². The van der Waals surface area contributed by atoms with Crippen molar-refractivity contribution in [3.05, 3.63) is 29.8 Å².